The standard InChI is InChI=1S/C23H24F3N3O/c1-28(2)19-10-12-20(13-11-19)29(16-18-9-6-14-27-18)22(30)15-21(23(24,25)26)17-7-4-3-5-8-17/h3-14,21,27H,15-16H2,1-2H3. The van der Waals surface area contributed by atoms with Gasteiger partial charge in [-0.2, -0.15) is 13.2 Å². The van der Waals surface area contributed by atoms with Crippen molar-refractivity contribution in [3.8, 4) is 0 Å². The van der Waals surface area contributed by atoms with Crippen LogP contribution in [0, 0.1) is 0 Å². The smallest absolute Gasteiger partial charge is 0.378 e. The summed E-state index contributed by atoms with van der Waals surface area (Å²) >= 11 is 0. The average molecular weight is 415 g/mol. The summed E-state index contributed by atoms with van der Waals surface area (Å²) in [5.41, 5.74) is 2.31. The van der Waals surface area contributed by atoms with E-state index in [1.54, 1.807) is 48.7 Å². The van der Waals surface area contributed by atoms with Crippen LogP contribution in [0.1, 0.15) is 23.6 Å². The van der Waals surface area contributed by atoms with Gasteiger partial charge in [0.25, 0.3) is 0 Å². The number of alkyl halides is 3. The van der Waals surface area contributed by atoms with E-state index in [2.05, 4.69) is 4.98 Å². The van der Waals surface area contributed by atoms with Crippen molar-refractivity contribution in [2.45, 2.75) is 25.1 Å². The van der Waals surface area contributed by atoms with E-state index in [4.69, 9.17) is 0 Å². The molecule has 0 saturated heterocycles. The molecule has 1 atom stereocenters. The van der Waals surface area contributed by atoms with Gasteiger partial charge in [0.1, 0.15) is 0 Å². The zero-order valence-electron chi connectivity index (χ0n) is 16.9. The van der Waals surface area contributed by atoms with Gasteiger partial charge in [0.15, 0.2) is 0 Å². The summed E-state index contributed by atoms with van der Waals surface area (Å²) in [6.45, 7) is 0.159. The Bertz CT molecular complexity index is 936. The minimum absolute atomic E-state index is 0.0844. The van der Waals surface area contributed by atoms with E-state index in [1.165, 1.54) is 17.0 Å². The highest BCUT2D eigenvalue weighted by molar-refractivity contribution is 5.94. The second-order valence-corrected chi connectivity index (χ2v) is 7.30. The molecule has 0 aliphatic rings. The number of amides is 1. The number of rotatable bonds is 7. The number of aromatic amines is 1. The number of hydrogen-bond acceptors (Lipinski definition) is 2. The number of nitrogens with one attached hydrogen (secondary N) is 1. The van der Waals surface area contributed by atoms with Gasteiger partial charge in [-0.3, -0.25) is 4.79 Å². The predicted molar refractivity (Wildman–Crippen MR) is 113 cm³/mol. The highest BCUT2D eigenvalue weighted by atomic mass is 19.4. The Balaban J connectivity index is 1.90. The van der Waals surface area contributed by atoms with Gasteiger partial charge in [-0.1, -0.05) is 30.3 Å². The van der Waals surface area contributed by atoms with Crippen LogP contribution < -0.4 is 9.80 Å². The van der Waals surface area contributed by atoms with Gasteiger partial charge in [-0.15, -0.1) is 0 Å². The highest BCUT2D eigenvalue weighted by Crippen LogP contribution is 2.38. The van der Waals surface area contributed by atoms with Crippen molar-refractivity contribution in [3.05, 3.63) is 84.2 Å². The molecule has 0 saturated carbocycles. The molecule has 1 amide bonds. The number of aromatic nitrogens is 1. The van der Waals surface area contributed by atoms with E-state index in [9.17, 15) is 18.0 Å². The van der Waals surface area contributed by atoms with Gasteiger partial charge in [0.05, 0.1) is 12.5 Å². The van der Waals surface area contributed by atoms with E-state index < -0.39 is 24.4 Å². The van der Waals surface area contributed by atoms with Crippen LogP contribution in [0.3, 0.4) is 0 Å². The first-order valence-electron chi connectivity index (χ1n) is 9.57. The van der Waals surface area contributed by atoms with Crippen LogP contribution in [-0.2, 0) is 11.3 Å². The topological polar surface area (TPSA) is 39.3 Å². The lowest BCUT2D eigenvalue weighted by molar-refractivity contribution is -0.156. The third-order valence-corrected chi connectivity index (χ3v) is 4.95. The molecule has 2 aromatic carbocycles. The van der Waals surface area contributed by atoms with E-state index in [0.29, 0.717) is 5.69 Å². The Labute approximate surface area is 173 Å². The third-order valence-electron chi connectivity index (χ3n) is 4.95. The highest BCUT2D eigenvalue weighted by Gasteiger charge is 2.42. The zero-order chi connectivity index (χ0) is 21.7. The van der Waals surface area contributed by atoms with Crippen molar-refractivity contribution >= 4 is 17.3 Å². The number of H-pyrrole nitrogens is 1. The summed E-state index contributed by atoms with van der Waals surface area (Å²) in [6, 6.07) is 18.3. The maximum atomic E-state index is 13.8. The van der Waals surface area contributed by atoms with E-state index in [-0.39, 0.29) is 12.1 Å². The number of benzene rings is 2. The number of nitrogens with zero attached hydrogens (tertiary/aromatic N) is 2. The van der Waals surface area contributed by atoms with Crippen LogP contribution >= 0.6 is 0 Å². The molecule has 1 N–H and O–H groups in total. The molecule has 3 aromatic rings. The molecule has 0 spiro atoms. The van der Waals surface area contributed by atoms with Crippen LogP contribution in [0.5, 0.6) is 0 Å². The van der Waals surface area contributed by atoms with Crippen molar-refractivity contribution in [2.75, 3.05) is 23.9 Å². The molecular formula is C23H24F3N3O. The Kier molecular flexibility index (Phi) is 6.50. The van der Waals surface area contributed by atoms with E-state index >= 15 is 0 Å². The monoisotopic (exact) mass is 415 g/mol. The molecule has 3 rings (SSSR count). The summed E-state index contributed by atoms with van der Waals surface area (Å²) in [7, 11) is 3.79. The fraction of sp³-hybridized carbons (Fsp3) is 0.261. The lowest BCUT2D eigenvalue weighted by Crippen LogP contribution is -2.34. The second-order valence-electron chi connectivity index (χ2n) is 7.30. The quantitative estimate of drug-likeness (QED) is 0.565. The fourth-order valence-corrected chi connectivity index (χ4v) is 3.28. The lowest BCUT2D eigenvalue weighted by Gasteiger charge is -2.27. The van der Waals surface area contributed by atoms with Crippen LogP contribution in [0.15, 0.2) is 72.9 Å². The number of halogens is 3. The van der Waals surface area contributed by atoms with Crippen LogP contribution in [-0.4, -0.2) is 31.2 Å². The Morgan fingerprint density at radius 2 is 1.57 bits per heavy atom. The molecule has 7 heteroatoms. The van der Waals surface area contributed by atoms with Crippen LogP contribution in [0.25, 0.3) is 0 Å². The van der Waals surface area contributed by atoms with Crippen LogP contribution in [0.2, 0.25) is 0 Å². The van der Waals surface area contributed by atoms with Crippen LogP contribution in [0.4, 0.5) is 24.5 Å². The molecule has 1 heterocycles. The molecule has 1 aromatic heterocycles. The molecule has 30 heavy (non-hydrogen) atoms. The number of hydrogen-bond donors (Lipinski definition) is 1. The zero-order valence-corrected chi connectivity index (χ0v) is 16.9. The lowest BCUT2D eigenvalue weighted by atomic mass is 9.94. The minimum atomic E-state index is -4.52. The summed E-state index contributed by atoms with van der Waals surface area (Å²) in [4.78, 5) is 19.4. The van der Waals surface area contributed by atoms with E-state index in [0.717, 1.165) is 11.4 Å². The first-order chi connectivity index (χ1) is 14.3. The Hall–Kier alpha value is -3.22. The molecule has 1 unspecified atom stereocenters. The van der Waals surface area contributed by atoms with Gasteiger partial charge in [0, 0.05) is 43.8 Å². The predicted octanol–water partition coefficient (Wildman–Crippen LogP) is 5.35. The molecule has 4 nitrogen and oxygen atoms in total. The molecule has 0 fully saturated rings. The molecule has 158 valence electrons. The van der Waals surface area contributed by atoms with Gasteiger partial charge >= 0.3 is 6.18 Å². The van der Waals surface area contributed by atoms with Gasteiger partial charge < -0.3 is 14.8 Å². The fourth-order valence-electron chi connectivity index (χ4n) is 3.28. The van der Waals surface area contributed by atoms with E-state index in [1.807, 2.05) is 31.1 Å². The average Bonchev–Trinajstić information content (AvgIpc) is 3.23. The molecular weight excluding hydrogens is 391 g/mol. The molecule has 0 radical (unpaired) electrons. The van der Waals surface area contributed by atoms with Gasteiger partial charge in [-0.25, -0.2) is 0 Å². The molecule has 0 aliphatic carbocycles. The Morgan fingerprint density at radius 1 is 0.933 bits per heavy atom. The second kappa shape index (κ2) is 9.07. The molecule has 0 bridgehead atoms. The van der Waals surface area contributed by atoms with Crippen molar-refractivity contribution in [3.63, 3.8) is 0 Å². The van der Waals surface area contributed by atoms with Crippen molar-refractivity contribution < 1.29 is 18.0 Å². The summed E-state index contributed by atoms with van der Waals surface area (Å²) in [6.07, 6.45) is -3.47. The van der Waals surface area contributed by atoms with Gasteiger partial charge in [-0.05, 0) is 42.0 Å². The normalized spacial score (nSPS) is 12.4. The summed E-state index contributed by atoms with van der Waals surface area (Å²) < 4.78 is 41.3. The molecule has 0 aliphatic heterocycles. The van der Waals surface area contributed by atoms with Gasteiger partial charge in [0.2, 0.25) is 5.91 Å². The maximum absolute atomic E-state index is 13.8. The Morgan fingerprint density at radius 3 is 2.10 bits per heavy atom. The van der Waals surface area contributed by atoms with Crippen molar-refractivity contribution in [1.29, 1.82) is 0 Å². The number of anilines is 2. The summed E-state index contributed by atoms with van der Waals surface area (Å²) in [5, 5.41) is 0. The first-order valence-corrected chi connectivity index (χ1v) is 9.57. The van der Waals surface area contributed by atoms with Crippen molar-refractivity contribution in [2.24, 2.45) is 0 Å². The SMILES string of the molecule is CN(C)c1ccc(N(Cc2ccc[nH]2)C(=O)CC(c2ccccc2)C(F)(F)F)cc1. The number of carbonyl (C=O) groups is 1. The maximum Gasteiger partial charge on any atom is 0.396 e. The third kappa shape index (κ3) is 5.23. The number of carbonyl (C=O) groups excluding carboxylic acids is 1. The first kappa shape index (κ1) is 21.5. The summed E-state index contributed by atoms with van der Waals surface area (Å²) in [5.74, 6) is -2.45. The minimum Gasteiger partial charge on any atom is -0.378 e. The van der Waals surface area contributed by atoms with Crippen molar-refractivity contribution in [1.82, 2.24) is 4.98 Å². The largest absolute Gasteiger partial charge is 0.396 e.